The number of para-hydroxylation sites is 1. The number of anilines is 2. The van der Waals surface area contributed by atoms with Gasteiger partial charge in [-0.25, -0.2) is 0 Å². The molecule has 0 radical (unpaired) electrons. The van der Waals surface area contributed by atoms with Crippen LogP contribution in [0.4, 0.5) is 11.4 Å². The Kier molecular flexibility index (Phi) is 5.68. The first kappa shape index (κ1) is 20.1. The molecule has 1 unspecified atom stereocenters. The Morgan fingerprint density at radius 1 is 1.17 bits per heavy atom. The highest BCUT2D eigenvalue weighted by Gasteiger charge is 2.44. The van der Waals surface area contributed by atoms with Crippen LogP contribution in [0.15, 0.2) is 59.9 Å². The molecule has 1 atom stereocenters. The summed E-state index contributed by atoms with van der Waals surface area (Å²) in [7, 11) is 1.50. The van der Waals surface area contributed by atoms with Gasteiger partial charge in [0.05, 0.1) is 18.7 Å². The van der Waals surface area contributed by atoms with Gasteiger partial charge in [-0.15, -0.1) is 0 Å². The van der Waals surface area contributed by atoms with Crippen LogP contribution in [0.3, 0.4) is 0 Å². The summed E-state index contributed by atoms with van der Waals surface area (Å²) in [5.41, 5.74) is 1.54. The number of amides is 2. The zero-order valence-electron chi connectivity index (χ0n) is 16.4. The number of hydrogen-bond acceptors (Lipinski definition) is 5. The molecule has 2 N–H and O–H groups in total. The Bertz CT molecular complexity index is 1010. The maximum absolute atomic E-state index is 13.0. The monoisotopic (exact) mass is 394 g/mol. The van der Waals surface area contributed by atoms with Gasteiger partial charge in [0.25, 0.3) is 5.91 Å². The van der Waals surface area contributed by atoms with E-state index >= 15 is 0 Å². The fourth-order valence-corrected chi connectivity index (χ4v) is 3.47. The number of hydrogen-bond donors (Lipinski definition) is 2. The fourth-order valence-electron chi connectivity index (χ4n) is 3.47. The van der Waals surface area contributed by atoms with E-state index in [0.717, 1.165) is 0 Å². The third-order valence-corrected chi connectivity index (χ3v) is 4.71. The molecular formula is C22H22N2O5. The van der Waals surface area contributed by atoms with E-state index in [0.29, 0.717) is 22.7 Å². The van der Waals surface area contributed by atoms with E-state index in [9.17, 15) is 19.5 Å². The number of carbonyl (C=O) groups excluding carboxylic acids is 3. The van der Waals surface area contributed by atoms with Gasteiger partial charge < -0.3 is 15.2 Å². The zero-order chi connectivity index (χ0) is 21.1. The lowest BCUT2D eigenvalue weighted by Gasteiger charge is -2.28. The third-order valence-electron chi connectivity index (χ3n) is 4.71. The average molecular weight is 394 g/mol. The second-order valence-electron chi connectivity index (χ2n) is 6.59. The number of rotatable bonds is 6. The molecule has 0 aliphatic carbocycles. The van der Waals surface area contributed by atoms with Crippen molar-refractivity contribution in [2.45, 2.75) is 26.3 Å². The van der Waals surface area contributed by atoms with Crippen molar-refractivity contribution in [3.8, 4) is 5.75 Å². The molecule has 3 rings (SSSR count). The van der Waals surface area contributed by atoms with E-state index in [1.807, 2.05) is 0 Å². The summed E-state index contributed by atoms with van der Waals surface area (Å²) in [6.07, 6.45) is 0.137. The van der Waals surface area contributed by atoms with Crippen molar-refractivity contribution in [2.75, 3.05) is 17.3 Å². The molecule has 0 saturated carbocycles. The molecule has 0 aromatic heterocycles. The summed E-state index contributed by atoms with van der Waals surface area (Å²) < 4.78 is 5.44. The van der Waals surface area contributed by atoms with Crippen molar-refractivity contribution in [1.29, 1.82) is 0 Å². The van der Waals surface area contributed by atoms with Gasteiger partial charge in [-0.2, -0.15) is 0 Å². The second kappa shape index (κ2) is 8.18. The molecule has 29 heavy (non-hydrogen) atoms. The minimum Gasteiger partial charge on any atom is -0.503 e. The molecule has 0 saturated heterocycles. The molecule has 7 heteroatoms. The van der Waals surface area contributed by atoms with Crippen LogP contribution in [0.25, 0.3) is 0 Å². The largest absolute Gasteiger partial charge is 0.503 e. The number of carbonyl (C=O) groups is 3. The maximum Gasteiger partial charge on any atom is 0.294 e. The van der Waals surface area contributed by atoms with Gasteiger partial charge in [-0.1, -0.05) is 31.2 Å². The minimum absolute atomic E-state index is 0.0342. The van der Waals surface area contributed by atoms with E-state index < -0.39 is 17.7 Å². The van der Waals surface area contributed by atoms with Crippen molar-refractivity contribution < 1.29 is 24.2 Å². The van der Waals surface area contributed by atoms with Crippen molar-refractivity contribution in [2.24, 2.45) is 0 Å². The van der Waals surface area contributed by atoms with Gasteiger partial charge in [0.1, 0.15) is 5.75 Å². The number of ketones is 1. The van der Waals surface area contributed by atoms with E-state index in [1.54, 1.807) is 55.5 Å². The highest BCUT2D eigenvalue weighted by atomic mass is 16.5. The second-order valence-corrected chi connectivity index (χ2v) is 6.59. The first-order valence-corrected chi connectivity index (χ1v) is 9.19. The summed E-state index contributed by atoms with van der Waals surface area (Å²) in [6.45, 7) is 3.06. The Hall–Kier alpha value is -3.61. The van der Waals surface area contributed by atoms with Gasteiger partial charge in [0.2, 0.25) is 5.91 Å². The number of nitrogens with one attached hydrogen (secondary N) is 1. The Morgan fingerprint density at radius 3 is 2.55 bits per heavy atom. The molecule has 2 amide bonds. The van der Waals surface area contributed by atoms with E-state index in [-0.39, 0.29) is 23.7 Å². The summed E-state index contributed by atoms with van der Waals surface area (Å²) in [5.74, 6) is -1.34. The molecular weight excluding hydrogens is 372 g/mol. The number of aliphatic hydroxyl groups excluding tert-OH is 1. The van der Waals surface area contributed by atoms with Gasteiger partial charge in [0.15, 0.2) is 11.5 Å². The lowest BCUT2D eigenvalue weighted by Crippen LogP contribution is -2.31. The van der Waals surface area contributed by atoms with Gasteiger partial charge >= 0.3 is 0 Å². The predicted octanol–water partition coefficient (Wildman–Crippen LogP) is 3.53. The van der Waals surface area contributed by atoms with Crippen LogP contribution in [-0.4, -0.2) is 29.8 Å². The maximum atomic E-state index is 13.0. The summed E-state index contributed by atoms with van der Waals surface area (Å²) in [5, 5.41) is 13.2. The van der Waals surface area contributed by atoms with E-state index in [4.69, 9.17) is 4.74 Å². The third kappa shape index (κ3) is 3.71. The number of methoxy groups -OCH3 is 1. The van der Waals surface area contributed by atoms with Crippen LogP contribution in [0.5, 0.6) is 5.75 Å². The molecule has 0 spiro atoms. The molecule has 0 bridgehead atoms. The lowest BCUT2D eigenvalue weighted by molar-refractivity contribution is -0.118. The lowest BCUT2D eigenvalue weighted by atomic mass is 9.94. The van der Waals surface area contributed by atoms with Gasteiger partial charge in [-0.05, 0) is 24.3 Å². The van der Waals surface area contributed by atoms with Gasteiger partial charge in [0, 0.05) is 30.3 Å². The predicted molar refractivity (Wildman–Crippen MR) is 109 cm³/mol. The molecule has 2 aromatic rings. The normalized spacial score (nSPS) is 16.2. The van der Waals surface area contributed by atoms with E-state index in [2.05, 4.69) is 5.32 Å². The van der Waals surface area contributed by atoms with Crippen LogP contribution in [0, 0.1) is 0 Å². The van der Waals surface area contributed by atoms with E-state index in [1.165, 1.54) is 18.9 Å². The molecule has 7 nitrogen and oxygen atoms in total. The minimum atomic E-state index is -0.848. The molecule has 1 aliphatic heterocycles. The summed E-state index contributed by atoms with van der Waals surface area (Å²) in [4.78, 5) is 38.4. The first-order valence-electron chi connectivity index (χ1n) is 9.19. The smallest absolute Gasteiger partial charge is 0.294 e. The zero-order valence-corrected chi connectivity index (χ0v) is 16.4. The van der Waals surface area contributed by atoms with Crippen molar-refractivity contribution >= 4 is 29.0 Å². The molecule has 1 heterocycles. The topological polar surface area (TPSA) is 95.9 Å². The van der Waals surface area contributed by atoms with Gasteiger partial charge in [-0.3, -0.25) is 19.3 Å². The number of Topliss-reactive ketones (excluding diaryl/α,β-unsaturated/α-hetero) is 1. The summed E-state index contributed by atoms with van der Waals surface area (Å²) >= 11 is 0. The molecule has 2 aromatic carbocycles. The molecule has 0 fully saturated rings. The number of nitrogens with zero attached hydrogens (tertiary/aromatic N) is 1. The van der Waals surface area contributed by atoms with Crippen molar-refractivity contribution in [3.63, 3.8) is 0 Å². The number of ether oxygens (including phenoxy) is 1. The SMILES string of the molecule is CCC(=O)C1=C(O)C(=O)N(c2cccc(NC(C)=O)c2)C1c1ccccc1OC. The standard InChI is InChI=1S/C22H22N2O5/c1-4-17(26)19-20(16-10-5-6-11-18(16)29-3)24(22(28)21(19)27)15-9-7-8-14(12-15)23-13(2)25/h5-12,20,27H,4H2,1-3H3,(H,23,25). The Labute approximate surface area is 168 Å². The van der Waals surface area contributed by atoms with Crippen molar-refractivity contribution in [3.05, 3.63) is 65.4 Å². The Balaban J connectivity index is 2.19. The van der Waals surface area contributed by atoms with Crippen molar-refractivity contribution in [1.82, 2.24) is 0 Å². The first-order chi connectivity index (χ1) is 13.9. The number of aliphatic hydroxyl groups is 1. The van der Waals surface area contributed by atoms with Crippen LogP contribution >= 0.6 is 0 Å². The number of benzene rings is 2. The van der Waals surface area contributed by atoms with Crippen LogP contribution in [-0.2, 0) is 14.4 Å². The van der Waals surface area contributed by atoms with Crippen LogP contribution in [0.1, 0.15) is 31.9 Å². The van der Waals surface area contributed by atoms with Crippen LogP contribution < -0.4 is 15.0 Å². The highest BCUT2D eigenvalue weighted by molar-refractivity contribution is 6.16. The fraction of sp³-hybridized carbons (Fsp3) is 0.227. The molecule has 150 valence electrons. The quantitative estimate of drug-likeness (QED) is 0.781. The molecule has 1 aliphatic rings. The van der Waals surface area contributed by atoms with Crippen LogP contribution in [0.2, 0.25) is 0 Å². The average Bonchev–Trinajstić information content (AvgIpc) is 2.98. The summed E-state index contributed by atoms with van der Waals surface area (Å²) in [6, 6.07) is 12.9. The Morgan fingerprint density at radius 2 is 1.90 bits per heavy atom. The highest BCUT2D eigenvalue weighted by Crippen LogP contribution is 2.44.